The number of nitrogens with two attached hydrogens (primary N) is 1. The van der Waals surface area contributed by atoms with Gasteiger partial charge in [-0.25, -0.2) is 0 Å². The number of carbonyl (C=O) groups is 1. The molecule has 1 heterocycles. The van der Waals surface area contributed by atoms with Crippen LogP contribution in [-0.4, -0.2) is 50.3 Å². The van der Waals surface area contributed by atoms with Gasteiger partial charge in [0.2, 0.25) is 5.91 Å². The van der Waals surface area contributed by atoms with Crippen molar-refractivity contribution < 1.29 is 14.3 Å². The second-order valence-corrected chi connectivity index (χ2v) is 5.52. The van der Waals surface area contributed by atoms with Crippen LogP contribution in [0.15, 0.2) is 30.3 Å². The summed E-state index contributed by atoms with van der Waals surface area (Å²) in [6, 6.07) is 9.41. The lowest BCUT2D eigenvalue weighted by Gasteiger charge is -2.25. The molecule has 1 amide bonds. The van der Waals surface area contributed by atoms with Crippen molar-refractivity contribution in [3.05, 3.63) is 35.9 Å². The third-order valence-electron chi connectivity index (χ3n) is 4.25. The molecule has 0 aliphatic carbocycles. The zero-order valence-corrected chi connectivity index (χ0v) is 12.9. The van der Waals surface area contributed by atoms with Gasteiger partial charge in [0, 0.05) is 33.4 Å². The van der Waals surface area contributed by atoms with E-state index in [1.54, 1.807) is 19.1 Å². The van der Waals surface area contributed by atoms with E-state index in [0.717, 1.165) is 5.56 Å². The van der Waals surface area contributed by atoms with Gasteiger partial charge in [-0.2, -0.15) is 0 Å². The highest BCUT2D eigenvalue weighted by atomic mass is 16.5. The van der Waals surface area contributed by atoms with E-state index >= 15 is 0 Å². The van der Waals surface area contributed by atoms with Crippen LogP contribution in [0.25, 0.3) is 0 Å². The molecule has 4 unspecified atom stereocenters. The Morgan fingerprint density at radius 3 is 2.19 bits per heavy atom. The molecule has 1 aromatic rings. The molecule has 1 aromatic carbocycles. The number of ether oxygens (including phenoxy) is 2. The van der Waals surface area contributed by atoms with Crippen LogP contribution in [0.2, 0.25) is 0 Å². The van der Waals surface area contributed by atoms with E-state index in [9.17, 15) is 4.79 Å². The molecule has 5 heteroatoms. The molecule has 116 valence electrons. The van der Waals surface area contributed by atoms with Crippen LogP contribution in [0, 0.1) is 5.92 Å². The van der Waals surface area contributed by atoms with Crippen LogP contribution in [0.1, 0.15) is 18.5 Å². The topological polar surface area (TPSA) is 64.8 Å². The Labute approximate surface area is 126 Å². The monoisotopic (exact) mass is 292 g/mol. The van der Waals surface area contributed by atoms with Gasteiger partial charge in [0.15, 0.2) is 0 Å². The Morgan fingerprint density at radius 2 is 1.71 bits per heavy atom. The highest BCUT2D eigenvalue weighted by Gasteiger charge is 2.38. The number of likely N-dealkylation sites (tertiary alicyclic amines) is 1. The Morgan fingerprint density at radius 1 is 1.19 bits per heavy atom. The van der Waals surface area contributed by atoms with Crippen molar-refractivity contribution in [2.45, 2.75) is 25.2 Å². The average Bonchev–Trinajstić information content (AvgIpc) is 2.96. The fourth-order valence-electron chi connectivity index (χ4n) is 2.78. The van der Waals surface area contributed by atoms with E-state index < -0.39 is 0 Å². The second kappa shape index (κ2) is 7.02. The molecule has 0 bridgehead atoms. The molecule has 0 saturated carbocycles. The molecule has 1 aliphatic rings. The zero-order chi connectivity index (χ0) is 15.4. The Balaban J connectivity index is 2.03. The second-order valence-electron chi connectivity index (χ2n) is 5.52. The summed E-state index contributed by atoms with van der Waals surface area (Å²) < 4.78 is 10.7. The minimum Gasteiger partial charge on any atom is -0.377 e. The van der Waals surface area contributed by atoms with Gasteiger partial charge in [0.1, 0.15) is 12.2 Å². The zero-order valence-electron chi connectivity index (χ0n) is 12.9. The van der Waals surface area contributed by atoms with E-state index in [1.807, 2.05) is 37.3 Å². The fourth-order valence-corrected chi connectivity index (χ4v) is 2.78. The SMILES string of the molecule is COC1CN(C(=O)C(C)C(N)c2ccccc2)CC1OC. The largest absolute Gasteiger partial charge is 0.377 e. The smallest absolute Gasteiger partial charge is 0.227 e. The van der Waals surface area contributed by atoms with Crippen molar-refractivity contribution in [3.8, 4) is 0 Å². The number of hydrogen-bond acceptors (Lipinski definition) is 4. The standard InChI is InChI=1S/C16H24N2O3/c1-11(15(17)12-7-5-4-6-8-12)16(19)18-9-13(20-2)14(10-18)21-3/h4-8,11,13-15H,9-10,17H2,1-3H3. The number of carbonyl (C=O) groups excluding carboxylic acids is 1. The number of rotatable bonds is 5. The average molecular weight is 292 g/mol. The van der Waals surface area contributed by atoms with Gasteiger partial charge in [-0.05, 0) is 5.56 Å². The number of nitrogens with zero attached hydrogens (tertiary/aromatic N) is 1. The van der Waals surface area contributed by atoms with E-state index in [1.165, 1.54) is 0 Å². The Hall–Kier alpha value is -1.43. The number of amides is 1. The summed E-state index contributed by atoms with van der Waals surface area (Å²) in [5.74, 6) is -0.228. The lowest BCUT2D eigenvalue weighted by atomic mass is 9.94. The molecule has 0 radical (unpaired) electrons. The molecular formula is C16H24N2O3. The molecule has 1 fully saturated rings. The maximum Gasteiger partial charge on any atom is 0.227 e. The molecule has 5 nitrogen and oxygen atoms in total. The first-order chi connectivity index (χ1) is 10.1. The minimum atomic E-state index is -0.304. The van der Waals surface area contributed by atoms with Gasteiger partial charge >= 0.3 is 0 Å². The summed E-state index contributed by atoms with van der Waals surface area (Å²) in [7, 11) is 3.29. The normalized spacial score (nSPS) is 24.9. The maximum atomic E-state index is 12.6. The van der Waals surface area contributed by atoms with Gasteiger partial charge in [0.25, 0.3) is 0 Å². The van der Waals surface area contributed by atoms with Crippen LogP contribution >= 0.6 is 0 Å². The van der Waals surface area contributed by atoms with Crippen molar-refractivity contribution in [2.24, 2.45) is 11.7 Å². The predicted molar refractivity (Wildman–Crippen MR) is 80.7 cm³/mol. The lowest BCUT2D eigenvalue weighted by molar-refractivity contribution is -0.135. The fraction of sp³-hybridized carbons (Fsp3) is 0.562. The van der Waals surface area contributed by atoms with Gasteiger partial charge < -0.3 is 20.1 Å². The van der Waals surface area contributed by atoms with Crippen molar-refractivity contribution >= 4 is 5.91 Å². The van der Waals surface area contributed by atoms with Crippen LogP contribution in [0.4, 0.5) is 0 Å². The van der Waals surface area contributed by atoms with Crippen molar-refractivity contribution in [1.82, 2.24) is 4.90 Å². The predicted octanol–water partition coefficient (Wildman–Crippen LogP) is 1.19. The van der Waals surface area contributed by atoms with E-state index in [4.69, 9.17) is 15.2 Å². The lowest BCUT2D eigenvalue weighted by Crippen LogP contribution is -2.38. The third kappa shape index (κ3) is 3.43. The van der Waals surface area contributed by atoms with Gasteiger partial charge in [-0.3, -0.25) is 4.79 Å². The number of methoxy groups -OCH3 is 2. The summed E-state index contributed by atoms with van der Waals surface area (Å²) in [5.41, 5.74) is 7.21. The number of hydrogen-bond donors (Lipinski definition) is 1. The van der Waals surface area contributed by atoms with Gasteiger partial charge in [-0.15, -0.1) is 0 Å². The molecule has 1 aliphatic heterocycles. The first-order valence-electron chi connectivity index (χ1n) is 7.23. The first kappa shape index (κ1) is 15.9. The Bertz CT molecular complexity index is 454. The molecule has 0 aromatic heterocycles. The summed E-state index contributed by atoms with van der Waals surface area (Å²) in [6.07, 6.45) is -0.141. The third-order valence-corrected chi connectivity index (χ3v) is 4.25. The highest BCUT2D eigenvalue weighted by Crippen LogP contribution is 2.24. The molecule has 0 spiro atoms. The van der Waals surface area contributed by atoms with Crippen LogP contribution < -0.4 is 5.73 Å². The van der Waals surface area contributed by atoms with Crippen LogP contribution in [0.3, 0.4) is 0 Å². The van der Waals surface area contributed by atoms with Crippen molar-refractivity contribution in [3.63, 3.8) is 0 Å². The number of benzene rings is 1. The molecular weight excluding hydrogens is 268 g/mol. The molecule has 1 saturated heterocycles. The van der Waals surface area contributed by atoms with Crippen molar-refractivity contribution in [2.75, 3.05) is 27.3 Å². The Kier molecular flexibility index (Phi) is 5.33. The van der Waals surface area contributed by atoms with E-state index in [0.29, 0.717) is 13.1 Å². The van der Waals surface area contributed by atoms with E-state index in [2.05, 4.69) is 0 Å². The quantitative estimate of drug-likeness (QED) is 0.885. The molecule has 21 heavy (non-hydrogen) atoms. The highest BCUT2D eigenvalue weighted by molar-refractivity contribution is 5.80. The van der Waals surface area contributed by atoms with Crippen LogP contribution in [-0.2, 0) is 14.3 Å². The summed E-state index contributed by atoms with van der Waals surface area (Å²) in [6.45, 7) is 2.99. The van der Waals surface area contributed by atoms with Crippen LogP contribution in [0.5, 0.6) is 0 Å². The maximum absolute atomic E-state index is 12.6. The first-order valence-corrected chi connectivity index (χ1v) is 7.23. The summed E-state index contributed by atoms with van der Waals surface area (Å²) in [5, 5.41) is 0. The van der Waals surface area contributed by atoms with Gasteiger partial charge in [0.05, 0.1) is 5.92 Å². The summed E-state index contributed by atoms with van der Waals surface area (Å²) >= 11 is 0. The summed E-state index contributed by atoms with van der Waals surface area (Å²) in [4.78, 5) is 14.4. The van der Waals surface area contributed by atoms with Crippen molar-refractivity contribution in [1.29, 1.82) is 0 Å². The molecule has 2 rings (SSSR count). The molecule has 2 N–H and O–H groups in total. The molecule has 4 atom stereocenters. The minimum absolute atomic E-state index is 0.0490. The van der Waals surface area contributed by atoms with Gasteiger partial charge in [-0.1, -0.05) is 37.3 Å². The van der Waals surface area contributed by atoms with E-state index in [-0.39, 0.29) is 30.1 Å².